The number of nitrogens with zero attached hydrogens (tertiary/aromatic N) is 5. The zero-order valence-corrected chi connectivity index (χ0v) is 44.8. The van der Waals surface area contributed by atoms with Crippen molar-refractivity contribution in [2.45, 2.75) is 155 Å². The van der Waals surface area contributed by atoms with E-state index in [-0.39, 0.29) is 43.2 Å². The number of thiophene rings is 1. The van der Waals surface area contributed by atoms with Crippen molar-refractivity contribution >= 4 is 69.3 Å². The second kappa shape index (κ2) is 23.4. The number of benzene rings is 3. The number of fused-ring (bicyclic) bond motifs is 8. The Morgan fingerprint density at radius 3 is 2.44 bits per heavy atom. The van der Waals surface area contributed by atoms with Gasteiger partial charge in [0.05, 0.1) is 19.1 Å². The third-order valence-electron chi connectivity index (χ3n) is 15.1. The van der Waals surface area contributed by atoms with Gasteiger partial charge in [-0.2, -0.15) is 5.26 Å². The molecule has 1 N–H and O–H groups in total. The fraction of sp³-hybridized carbons (Fsp3) is 0.561. The molecule has 2 amide bonds. The standard InChI is InChI=1S/C57H77N6O5PS/c1-39(2)63(40(3)4)69(66-35-19-30-58)67-38-61(8)52(65)25-12-10-16-32-60(7)51(64)24-11-9-15-29-57(6)41(5)46-37-43-36-42-20-17-33-62-34-18-22-45(55(42)62)56(43)68-48(46)28-31-59-47-26-27-50-53(54(47)57)44-21-13-14-23-49(44)70-50/h13-14,21,23,26-27,36-37,39-40,48,59H,5,9-12,15-20,22,24-25,28-29,31-35,38H2,1-4,6-8H3. The van der Waals surface area contributed by atoms with Gasteiger partial charge in [0.25, 0.3) is 8.53 Å². The van der Waals surface area contributed by atoms with Gasteiger partial charge in [-0.1, -0.05) is 51.0 Å². The summed E-state index contributed by atoms with van der Waals surface area (Å²) in [5.41, 5.74) is 10.0. The van der Waals surface area contributed by atoms with Crippen LogP contribution in [-0.2, 0) is 36.9 Å². The number of hydrogen-bond donors (Lipinski definition) is 1. The molecular weight excluding hydrogens is 912 g/mol. The molecule has 4 aromatic rings. The number of hydrogen-bond acceptors (Lipinski definition) is 10. The molecule has 0 fully saturated rings. The van der Waals surface area contributed by atoms with Crippen LogP contribution in [0.15, 0.2) is 60.2 Å². The minimum Gasteiger partial charge on any atom is -0.485 e. The highest BCUT2D eigenvalue weighted by Gasteiger charge is 2.41. The number of unbranched alkanes of at least 4 members (excludes halogenated alkanes) is 4. The number of rotatable bonds is 21. The van der Waals surface area contributed by atoms with Gasteiger partial charge in [0, 0.05) is 120 Å². The maximum absolute atomic E-state index is 13.4. The number of nitriles is 1. The molecule has 0 saturated heterocycles. The summed E-state index contributed by atoms with van der Waals surface area (Å²) in [5.74, 6) is 1.29. The Labute approximate surface area is 423 Å². The van der Waals surface area contributed by atoms with Gasteiger partial charge in [-0.25, -0.2) is 4.67 Å². The molecular formula is C57H77N6O5PS. The lowest BCUT2D eigenvalue weighted by atomic mass is 9.67. The van der Waals surface area contributed by atoms with Crippen LogP contribution in [0.2, 0.25) is 0 Å². The van der Waals surface area contributed by atoms with E-state index >= 15 is 0 Å². The molecule has 0 bridgehead atoms. The second-order valence-corrected chi connectivity index (χ2v) is 23.3. The summed E-state index contributed by atoms with van der Waals surface area (Å²) in [5, 5.41) is 15.6. The molecule has 4 aliphatic rings. The summed E-state index contributed by atoms with van der Waals surface area (Å²) in [6, 6.07) is 18.4. The number of nitrogens with one attached hydrogen (secondary N) is 1. The monoisotopic (exact) mass is 989 g/mol. The molecule has 0 radical (unpaired) electrons. The van der Waals surface area contributed by atoms with E-state index < -0.39 is 13.9 Å². The SMILES string of the molecule is C=C1C2=Cc3cc4c5c(c3OC2CCNc2ccc3sc6ccccc6c3c2C1(C)CCCCCC(=O)N(C)CCCCCC(=O)N(C)COP(OCCC#N)N(C(C)C)C(C)C)CCCN5CCC4. The van der Waals surface area contributed by atoms with E-state index in [2.05, 4.69) is 104 Å². The van der Waals surface area contributed by atoms with Crippen molar-refractivity contribution in [2.75, 3.05) is 63.8 Å². The molecule has 8 rings (SSSR count). The van der Waals surface area contributed by atoms with Crippen LogP contribution in [0.3, 0.4) is 0 Å². The van der Waals surface area contributed by atoms with Crippen LogP contribution in [0.4, 0.5) is 11.4 Å². The van der Waals surface area contributed by atoms with Gasteiger partial charge in [0.2, 0.25) is 11.8 Å². The molecule has 3 atom stereocenters. The zero-order chi connectivity index (χ0) is 49.5. The molecule has 13 heteroatoms. The highest BCUT2D eigenvalue weighted by atomic mass is 32.1. The maximum atomic E-state index is 13.4. The van der Waals surface area contributed by atoms with Crippen LogP contribution in [-0.4, -0.2) is 98.1 Å². The van der Waals surface area contributed by atoms with Gasteiger partial charge >= 0.3 is 0 Å². The molecule has 3 aromatic carbocycles. The van der Waals surface area contributed by atoms with E-state index in [9.17, 15) is 9.59 Å². The first-order valence-electron chi connectivity index (χ1n) is 26.2. The van der Waals surface area contributed by atoms with Gasteiger partial charge in [0.1, 0.15) is 18.6 Å². The van der Waals surface area contributed by atoms with Crippen molar-refractivity contribution in [2.24, 2.45) is 0 Å². The van der Waals surface area contributed by atoms with Crippen molar-refractivity contribution in [1.29, 1.82) is 5.26 Å². The van der Waals surface area contributed by atoms with Crippen LogP contribution in [0.25, 0.3) is 26.2 Å². The van der Waals surface area contributed by atoms with Crippen molar-refractivity contribution < 1.29 is 23.4 Å². The number of anilines is 2. The number of ether oxygens (including phenoxy) is 1. The zero-order valence-electron chi connectivity index (χ0n) is 43.0. The average Bonchev–Trinajstić information content (AvgIpc) is 3.74. The van der Waals surface area contributed by atoms with Crippen LogP contribution >= 0.6 is 19.9 Å². The first-order chi connectivity index (χ1) is 33.8. The Balaban J connectivity index is 0.884. The molecule has 0 saturated carbocycles. The third kappa shape index (κ3) is 11.2. The van der Waals surface area contributed by atoms with E-state index in [0.717, 1.165) is 95.2 Å². The number of aryl methyl sites for hydroxylation is 1. The van der Waals surface area contributed by atoms with E-state index in [1.165, 1.54) is 72.2 Å². The van der Waals surface area contributed by atoms with Crippen LogP contribution < -0.4 is 15.0 Å². The minimum absolute atomic E-state index is 0.0188. The Kier molecular flexibility index (Phi) is 17.3. The van der Waals surface area contributed by atoms with Crippen molar-refractivity contribution in [1.82, 2.24) is 14.5 Å². The molecule has 3 unspecified atom stereocenters. The second-order valence-electron chi connectivity index (χ2n) is 20.8. The van der Waals surface area contributed by atoms with Crippen molar-refractivity contribution in [3.05, 3.63) is 82.4 Å². The highest BCUT2D eigenvalue weighted by Crippen LogP contribution is 2.54. The number of amides is 2. The predicted molar refractivity (Wildman–Crippen MR) is 290 cm³/mol. The Morgan fingerprint density at radius 1 is 0.957 bits per heavy atom. The Bertz CT molecular complexity index is 2590. The molecule has 4 aliphatic heterocycles. The Morgan fingerprint density at radius 2 is 1.69 bits per heavy atom. The molecule has 11 nitrogen and oxygen atoms in total. The molecule has 376 valence electrons. The molecule has 0 spiro atoms. The van der Waals surface area contributed by atoms with Gasteiger partial charge in [-0.15, -0.1) is 11.3 Å². The lowest BCUT2D eigenvalue weighted by Gasteiger charge is -2.41. The van der Waals surface area contributed by atoms with E-state index in [1.54, 1.807) is 11.9 Å². The molecule has 0 aliphatic carbocycles. The third-order valence-corrected chi connectivity index (χ3v) is 18.3. The fourth-order valence-corrected chi connectivity index (χ4v) is 14.2. The fourth-order valence-electron chi connectivity index (χ4n) is 11.4. The van der Waals surface area contributed by atoms with E-state index in [4.69, 9.17) is 25.6 Å². The van der Waals surface area contributed by atoms with E-state index in [0.29, 0.717) is 26.0 Å². The Hall–Kier alpha value is -4.50. The summed E-state index contributed by atoms with van der Waals surface area (Å²) in [7, 11) is 2.25. The van der Waals surface area contributed by atoms with Crippen LogP contribution in [0.1, 0.15) is 140 Å². The van der Waals surface area contributed by atoms with Gasteiger partial charge in [0.15, 0.2) is 0 Å². The average molecular weight is 989 g/mol. The molecule has 1 aromatic heterocycles. The quantitative estimate of drug-likeness (QED) is 0.0496. The van der Waals surface area contributed by atoms with Gasteiger partial charge in [-0.05, 0) is 132 Å². The van der Waals surface area contributed by atoms with Crippen LogP contribution in [0, 0.1) is 11.3 Å². The van der Waals surface area contributed by atoms with Crippen molar-refractivity contribution in [3.8, 4) is 11.8 Å². The summed E-state index contributed by atoms with van der Waals surface area (Å²) >= 11 is 1.87. The first-order valence-corrected chi connectivity index (χ1v) is 28.1. The lowest BCUT2D eigenvalue weighted by Crippen LogP contribution is -2.36. The normalized spacial score (nSPS) is 19.0. The smallest absolute Gasteiger partial charge is 0.261 e. The number of carbonyl (C=O) groups is 2. The maximum Gasteiger partial charge on any atom is 0.261 e. The minimum atomic E-state index is -1.41. The van der Waals surface area contributed by atoms with Gasteiger partial charge < -0.3 is 33.8 Å². The molecule has 70 heavy (non-hydrogen) atoms. The number of carbonyl (C=O) groups excluding carboxylic acids is 2. The highest BCUT2D eigenvalue weighted by molar-refractivity contribution is 7.44. The summed E-state index contributed by atoms with van der Waals surface area (Å²) in [4.78, 5) is 32.6. The summed E-state index contributed by atoms with van der Waals surface area (Å²) < 4.78 is 24.1. The van der Waals surface area contributed by atoms with Crippen molar-refractivity contribution in [3.63, 3.8) is 0 Å². The lowest BCUT2D eigenvalue weighted by molar-refractivity contribution is -0.133. The van der Waals surface area contributed by atoms with Crippen LogP contribution in [0.5, 0.6) is 5.75 Å². The molecule has 5 heterocycles. The topological polar surface area (TPSA) is 111 Å². The van der Waals surface area contributed by atoms with E-state index in [1.807, 2.05) is 23.3 Å². The summed E-state index contributed by atoms with van der Waals surface area (Å²) in [6.07, 6.45) is 15.1. The predicted octanol–water partition coefficient (Wildman–Crippen LogP) is 12.9. The van der Waals surface area contributed by atoms with Gasteiger partial charge in [-0.3, -0.25) is 9.59 Å². The first kappa shape index (κ1) is 51.8. The largest absolute Gasteiger partial charge is 0.485 e. The summed E-state index contributed by atoms with van der Waals surface area (Å²) in [6.45, 7) is 20.0.